The molecule has 0 aromatic carbocycles. The van der Waals surface area contributed by atoms with Gasteiger partial charge in [0.05, 0.1) is 11.1 Å². The van der Waals surface area contributed by atoms with E-state index >= 15 is 0 Å². The van der Waals surface area contributed by atoms with Crippen LogP contribution in [-0.4, -0.2) is 39.2 Å². The fourth-order valence-corrected chi connectivity index (χ4v) is 6.47. The SMILES string of the molecule is C=CCn1c(SCC(=O)N2CCC[C@H](C)C2)nc2sc3c(c2c1=O)CCCC3. The third kappa shape index (κ3) is 3.79. The van der Waals surface area contributed by atoms with Crippen molar-refractivity contribution in [2.45, 2.75) is 57.1 Å². The summed E-state index contributed by atoms with van der Waals surface area (Å²) in [6.07, 6.45) is 8.33. The Kier molecular flexibility index (Phi) is 5.92. The van der Waals surface area contributed by atoms with Gasteiger partial charge >= 0.3 is 0 Å². The fraction of sp³-hybridized carbons (Fsp3) is 0.571. The molecule has 4 rings (SSSR count). The number of aromatic nitrogens is 2. The number of amides is 1. The highest BCUT2D eigenvalue weighted by Gasteiger charge is 2.24. The minimum absolute atomic E-state index is 0.0193. The maximum Gasteiger partial charge on any atom is 0.263 e. The average molecular weight is 418 g/mol. The molecule has 1 atom stereocenters. The van der Waals surface area contributed by atoms with Crippen LogP contribution in [0.2, 0.25) is 0 Å². The van der Waals surface area contributed by atoms with E-state index in [1.807, 2.05) is 4.90 Å². The van der Waals surface area contributed by atoms with Crippen LogP contribution in [0.4, 0.5) is 0 Å². The molecule has 1 amide bonds. The summed E-state index contributed by atoms with van der Waals surface area (Å²) >= 11 is 3.04. The van der Waals surface area contributed by atoms with Crippen molar-refractivity contribution in [1.82, 2.24) is 14.5 Å². The second-order valence-corrected chi connectivity index (χ2v) is 9.89. The second kappa shape index (κ2) is 8.41. The number of carbonyl (C=O) groups excluding carboxylic acids is 1. The summed E-state index contributed by atoms with van der Waals surface area (Å²) in [7, 11) is 0. The zero-order valence-electron chi connectivity index (χ0n) is 16.4. The lowest BCUT2D eigenvalue weighted by atomic mass is 9.97. The lowest BCUT2D eigenvalue weighted by Crippen LogP contribution is -2.40. The van der Waals surface area contributed by atoms with Gasteiger partial charge in [0.25, 0.3) is 5.56 Å². The molecule has 1 aliphatic heterocycles. The van der Waals surface area contributed by atoms with E-state index in [1.54, 1.807) is 22.0 Å². The first-order valence-corrected chi connectivity index (χ1v) is 11.9. The van der Waals surface area contributed by atoms with Gasteiger partial charge in [0.15, 0.2) is 5.16 Å². The molecule has 1 fully saturated rings. The van der Waals surface area contributed by atoms with Crippen LogP contribution in [0.25, 0.3) is 10.2 Å². The molecule has 0 N–H and O–H groups in total. The average Bonchev–Trinajstić information content (AvgIpc) is 3.07. The highest BCUT2D eigenvalue weighted by atomic mass is 32.2. The smallest absolute Gasteiger partial charge is 0.263 e. The molecule has 0 saturated carbocycles. The molecule has 0 spiro atoms. The number of piperidine rings is 1. The van der Waals surface area contributed by atoms with Crippen LogP contribution in [0.5, 0.6) is 0 Å². The standard InChI is InChI=1S/C21H27N3O2S2/c1-3-10-24-20(26)18-15-8-4-5-9-16(15)28-19(18)22-21(24)27-13-17(25)23-11-6-7-14(2)12-23/h3,14H,1,4-13H2,2H3/t14-/m0/s1. The molecule has 1 aliphatic carbocycles. The minimum Gasteiger partial charge on any atom is -0.342 e. The summed E-state index contributed by atoms with van der Waals surface area (Å²) in [5.74, 6) is 1.03. The van der Waals surface area contributed by atoms with E-state index in [1.165, 1.54) is 35.0 Å². The topological polar surface area (TPSA) is 55.2 Å². The molecule has 3 heterocycles. The third-order valence-corrected chi connectivity index (χ3v) is 7.83. The van der Waals surface area contributed by atoms with Gasteiger partial charge in [-0.3, -0.25) is 14.2 Å². The second-order valence-electron chi connectivity index (χ2n) is 7.87. The predicted octanol–water partition coefficient (Wildman–Crippen LogP) is 3.87. The lowest BCUT2D eigenvalue weighted by Gasteiger charge is -2.30. The van der Waals surface area contributed by atoms with Crippen molar-refractivity contribution in [3.8, 4) is 0 Å². The Morgan fingerprint density at radius 1 is 1.36 bits per heavy atom. The van der Waals surface area contributed by atoms with Crippen molar-refractivity contribution in [2.24, 2.45) is 5.92 Å². The number of allylic oxidation sites excluding steroid dienone is 1. The van der Waals surface area contributed by atoms with Gasteiger partial charge in [0.1, 0.15) is 4.83 Å². The van der Waals surface area contributed by atoms with E-state index in [-0.39, 0.29) is 11.5 Å². The number of rotatable bonds is 5. The number of hydrogen-bond donors (Lipinski definition) is 0. The number of hydrogen-bond acceptors (Lipinski definition) is 5. The monoisotopic (exact) mass is 417 g/mol. The van der Waals surface area contributed by atoms with Gasteiger partial charge in [-0.1, -0.05) is 24.8 Å². The van der Waals surface area contributed by atoms with Crippen molar-refractivity contribution in [3.63, 3.8) is 0 Å². The largest absolute Gasteiger partial charge is 0.342 e. The number of fused-ring (bicyclic) bond motifs is 3. The molecule has 28 heavy (non-hydrogen) atoms. The van der Waals surface area contributed by atoms with Gasteiger partial charge in [-0.25, -0.2) is 4.98 Å². The van der Waals surface area contributed by atoms with E-state index in [4.69, 9.17) is 4.98 Å². The first-order chi connectivity index (χ1) is 13.6. The molecule has 1 saturated heterocycles. The molecule has 2 aliphatic rings. The van der Waals surface area contributed by atoms with Gasteiger partial charge in [-0.05, 0) is 50.0 Å². The van der Waals surface area contributed by atoms with Crippen LogP contribution >= 0.6 is 23.1 Å². The van der Waals surface area contributed by atoms with Crippen molar-refractivity contribution in [1.29, 1.82) is 0 Å². The first kappa shape index (κ1) is 19.7. The number of thiophene rings is 1. The van der Waals surface area contributed by atoms with Gasteiger partial charge < -0.3 is 4.90 Å². The summed E-state index contributed by atoms with van der Waals surface area (Å²) < 4.78 is 1.69. The Labute approximate surface area is 173 Å². The van der Waals surface area contributed by atoms with Crippen LogP contribution in [0.15, 0.2) is 22.6 Å². The molecule has 5 nitrogen and oxygen atoms in total. The summed E-state index contributed by atoms with van der Waals surface area (Å²) in [5.41, 5.74) is 1.22. The number of likely N-dealkylation sites (tertiary alicyclic amines) is 1. The fourth-order valence-electron chi connectivity index (χ4n) is 4.25. The summed E-state index contributed by atoms with van der Waals surface area (Å²) in [6.45, 7) is 8.10. The van der Waals surface area contributed by atoms with Crippen LogP contribution in [0, 0.1) is 5.92 Å². The Morgan fingerprint density at radius 3 is 2.96 bits per heavy atom. The Balaban J connectivity index is 1.62. The van der Waals surface area contributed by atoms with E-state index in [2.05, 4.69) is 13.5 Å². The number of carbonyl (C=O) groups is 1. The Hall–Kier alpha value is -1.60. The maximum atomic E-state index is 13.2. The molecular weight excluding hydrogens is 390 g/mol. The minimum atomic E-state index is 0.0193. The number of thioether (sulfide) groups is 1. The van der Waals surface area contributed by atoms with Crippen molar-refractivity contribution >= 4 is 39.2 Å². The van der Waals surface area contributed by atoms with Crippen LogP contribution < -0.4 is 5.56 Å². The van der Waals surface area contributed by atoms with Crippen molar-refractivity contribution in [2.75, 3.05) is 18.8 Å². The third-order valence-electron chi connectivity index (χ3n) is 5.69. The quantitative estimate of drug-likeness (QED) is 0.421. The van der Waals surface area contributed by atoms with Crippen molar-refractivity contribution < 1.29 is 4.79 Å². The van der Waals surface area contributed by atoms with E-state index in [9.17, 15) is 9.59 Å². The zero-order chi connectivity index (χ0) is 19.7. The number of nitrogens with zero attached hydrogens (tertiary/aromatic N) is 3. The summed E-state index contributed by atoms with van der Waals surface area (Å²) in [4.78, 5) is 34.8. The predicted molar refractivity (Wildman–Crippen MR) is 116 cm³/mol. The zero-order valence-corrected chi connectivity index (χ0v) is 18.0. The summed E-state index contributed by atoms with van der Waals surface area (Å²) in [5, 5.41) is 1.43. The van der Waals surface area contributed by atoms with E-state index in [0.717, 1.165) is 49.0 Å². The Morgan fingerprint density at radius 2 is 2.18 bits per heavy atom. The Bertz CT molecular complexity index is 963. The lowest BCUT2D eigenvalue weighted by molar-refractivity contribution is -0.130. The van der Waals surface area contributed by atoms with E-state index < -0.39 is 0 Å². The maximum absolute atomic E-state index is 13.2. The molecule has 7 heteroatoms. The highest BCUT2D eigenvalue weighted by Crippen LogP contribution is 2.34. The number of aryl methyl sites for hydroxylation is 2. The molecule has 150 valence electrons. The van der Waals surface area contributed by atoms with Gasteiger partial charge in [0.2, 0.25) is 5.91 Å². The summed E-state index contributed by atoms with van der Waals surface area (Å²) in [6, 6.07) is 0. The van der Waals surface area contributed by atoms with E-state index in [0.29, 0.717) is 23.4 Å². The normalized spacial score (nSPS) is 19.6. The highest BCUT2D eigenvalue weighted by molar-refractivity contribution is 7.99. The molecule has 0 radical (unpaired) electrons. The van der Waals surface area contributed by atoms with Crippen LogP contribution in [0.1, 0.15) is 43.0 Å². The molecule has 0 unspecified atom stereocenters. The van der Waals surface area contributed by atoms with Crippen molar-refractivity contribution in [3.05, 3.63) is 33.4 Å². The van der Waals surface area contributed by atoms with Gasteiger partial charge in [0, 0.05) is 24.5 Å². The molecule has 2 aromatic heterocycles. The first-order valence-electron chi connectivity index (χ1n) is 10.1. The van der Waals surface area contributed by atoms with Crippen LogP contribution in [-0.2, 0) is 24.2 Å². The molecule has 2 aromatic rings. The molecular formula is C21H27N3O2S2. The van der Waals surface area contributed by atoms with Gasteiger partial charge in [-0.15, -0.1) is 17.9 Å². The van der Waals surface area contributed by atoms with Crippen LogP contribution in [0.3, 0.4) is 0 Å². The van der Waals surface area contributed by atoms with Gasteiger partial charge in [-0.2, -0.15) is 0 Å². The molecule has 0 bridgehead atoms.